The van der Waals surface area contributed by atoms with E-state index >= 15 is 0 Å². The van der Waals surface area contributed by atoms with Crippen molar-refractivity contribution < 1.29 is 13.9 Å². The van der Waals surface area contributed by atoms with E-state index in [1.807, 2.05) is 48.5 Å². The quantitative estimate of drug-likeness (QED) is 0.388. The number of fused-ring (bicyclic) bond motifs is 2. The summed E-state index contributed by atoms with van der Waals surface area (Å²) in [6, 6.07) is 23.8. The van der Waals surface area contributed by atoms with Gasteiger partial charge in [-0.25, -0.2) is 4.39 Å². The van der Waals surface area contributed by atoms with Gasteiger partial charge in [0.15, 0.2) is 0 Å². The molecule has 0 unspecified atom stereocenters. The van der Waals surface area contributed by atoms with E-state index in [0.29, 0.717) is 28.9 Å². The summed E-state index contributed by atoms with van der Waals surface area (Å²) in [4.78, 5) is 18.9. The van der Waals surface area contributed by atoms with Crippen LogP contribution >= 0.6 is 0 Å². The van der Waals surface area contributed by atoms with Crippen LogP contribution in [0.25, 0.3) is 21.8 Å². The van der Waals surface area contributed by atoms with E-state index in [9.17, 15) is 9.18 Å². The van der Waals surface area contributed by atoms with E-state index < -0.39 is 0 Å². The number of aromatic nitrogens is 2. The molecule has 0 aliphatic carbocycles. The summed E-state index contributed by atoms with van der Waals surface area (Å²) < 4.78 is 19.8. The number of carbonyl (C=O) groups excluding carboxylic acids is 1. The highest BCUT2D eigenvalue weighted by molar-refractivity contribution is 6.11. The average Bonchev–Trinajstić information content (AvgIpc) is 3.37. The summed E-state index contributed by atoms with van der Waals surface area (Å²) >= 11 is 0. The normalized spacial score (nSPS) is 11.2. The maximum Gasteiger partial charge on any atom is 0.225 e. The highest BCUT2D eigenvalue weighted by Crippen LogP contribution is 2.25. The molecule has 2 heterocycles. The van der Waals surface area contributed by atoms with Crippen LogP contribution in [-0.4, -0.2) is 15.8 Å². The smallest absolute Gasteiger partial charge is 0.225 e. The second-order valence-electron chi connectivity index (χ2n) is 6.92. The minimum atomic E-state index is -0.376. The molecule has 5 rings (SSSR count). The molecule has 0 saturated heterocycles. The van der Waals surface area contributed by atoms with Crippen LogP contribution in [0.2, 0.25) is 0 Å². The predicted molar refractivity (Wildman–Crippen MR) is 111 cm³/mol. The molecule has 4 nitrogen and oxygen atoms in total. The van der Waals surface area contributed by atoms with Crippen LogP contribution in [0.3, 0.4) is 0 Å². The molecule has 3 aromatic carbocycles. The monoisotopic (exact) mass is 384 g/mol. The molecule has 0 fully saturated rings. The minimum Gasteiger partial charge on any atom is -0.489 e. The zero-order valence-electron chi connectivity index (χ0n) is 15.4. The first-order valence-electron chi connectivity index (χ1n) is 9.29. The second-order valence-corrected chi connectivity index (χ2v) is 6.92. The lowest BCUT2D eigenvalue weighted by Crippen LogP contribution is -2.01. The fraction of sp³-hybridized carbons (Fsp3) is 0.0417. The van der Waals surface area contributed by atoms with E-state index in [2.05, 4.69) is 9.97 Å². The average molecular weight is 384 g/mol. The van der Waals surface area contributed by atoms with Crippen LogP contribution in [0.4, 0.5) is 4.39 Å². The van der Waals surface area contributed by atoms with E-state index in [4.69, 9.17) is 4.74 Å². The third-order valence-electron chi connectivity index (χ3n) is 4.94. The van der Waals surface area contributed by atoms with Gasteiger partial charge in [0.25, 0.3) is 0 Å². The number of ether oxygens (including phenoxy) is 1. The molecule has 0 atom stereocenters. The predicted octanol–water partition coefficient (Wildman–Crippen LogP) is 5.60. The van der Waals surface area contributed by atoms with Gasteiger partial charge in [0.2, 0.25) is 5.78 Å². The number of aromatic amines is 2. The molecule has 0 saturated carbocycles. The molecule has 0 amide bonds. The van der Waals surface area contributed by atoms with Crippen molar-refractivity contribution >= 4 is 27.6 Å². The second kappa shape index (κ2) is 6.95. The van der Waals surface area contributed by atoms with Crippen LogP contribution in [0.5, 0.6) is 5.75 Å². The molecule has 5 heteroatoms. The molecule has 0 bridgehead atoms. The number of rotatable bonds is 5. The summed E-state index contributed by atoms with van der Waals surface area (Å²) in [5.74, 6) is 0.133. The third-order valence-corrected chi connectivity index (χ3v) is 4.94. The van der Waals surface area contributed by atoms with Crippen molar-refractivity contribution in [3.8, 4) is 5.75 Å². The van der Waals surface area contributed by atoms with Gasteiger partial charge in [0.1, 0.15) is 18.2 Å². The van der Waals surface area contributed by atoms with Crippen molar-refractivity contribution in [2.75, 3.05) is 0 Å². The van der Waals surface area contributed by atoms with E-state index in [1.165, 1.54) is 6.07 Å². The third kappa shape index (κ3) is 3.27. The highest BCUT2D eigenvalue weighted by Gasteiger charge is 2.16. The van der Waals surface area contributed by atoms with Crippen molar-refractivity contribution in [2.45, 2.75) is 6.61 Å². The first kappa shape index (κ1) is 17.3. The molecule has 0 aliphatic rings. The molecular formula is C24H17FN2O2. The maximum atomic E-state index is 13.9. The van der Waals surface area contributed by atoms with Crippen LogP contribution in [0, 0.1) is 5.82 Å². The topological polar surface area (TPSA) is 57.9 Å². The Morgan fingerprint density at radius 3 is 2.45 bits per heavy atom. The number of hydrogen-bond acceptors (Lipinski definition) is 2. The Morgan fingerprint density at radius 1 is 0.828 bits per heavy atom. The van der Waals surface area contributed by atoms with Gasteiger partial charge in [-0.15, -0.1) is 0 Å². The van der Waals surface area contributed by atoms with Gasteiger partial charge >= 0.3 is 0 Å². The Morgan fingerprint density at radius 2 is 1.62 bits per heavy atom. The van der Waals surface area contributed by atoms with Crippen molar-refractivity contribution in [3.63, 3.8) is 0 Å². The standard InChI is InChI=1S/C24H17FN2O2/c25-19-8-4-7-16-12-22(27-23(16)19)24(28)21-13-17-11-18(9-10-20(17)26-21)29-14-15-5-2-1-3-6-15/h1-13,26-27H,14H2. The van der Waals surface area contributed by atoms with Crippen molar-refractivity contribution in [2.24, 2.45) is 0 Å². The first-order valence-corrected chi connectivity index (χ1v) is 9.29. The lowest BCUT2D eigenvalue weighted by Gasteiger charge is -2.06. The van der Waals surface area contributed by atoms with Crippen molar-refractivity contribution in [3.05, 3.63) is 102 Å². The Balaban J connectivity index is 1.41. The summed E-state index contributed by atoms with van der Waals surface area (Å²) in [7, 11) is 0. The van der Waals surface area contributed by atoms with Gasteiger partial charge in [0.05, 0.1) is 16.9 Å². The molecule has 0 spiro atoms. The fourth-order valence-electron chi connectivity index (χ4n) is 3.45. The number of halogens is 1. The van der Waals surface area contributed by atoms with Crippen LogP contribution < -0.4 is 4.74 Å². The van der Waals surface area contributed by atoms with Gasteiger partial charge < -0.3 is 14.7 Å². The molecular weight excluding hydrogens is 367 g/mol. The van der Waals surface area contributed by atoms with Crippen LogP contribution in [0.1, 0.15) is 21.7 Å². The zero-order valence-corrected chi connectivity index (χ0v) is 15.4. The number of H-pyrrole nitrogens is 2. The molecule has 29 heavy (non-hydrogen) atoms. The fourth-order valence-corrected chi connectivity index (χ4v) is 3.45. The molecule has 2 N–H and O–H groups in total. The van der Waals surface area contributed by atoms with Crippen LogP contribution in [-0.2, 0) is 6.61 Å². The Kier molecular flexibility index (Phi) is 4.13. The number of hydrogen-bond donors (Lipinski definition) is 2. The number of ketones is 1. The Hall–Kier alpha value is -3.86. The van der Waals surface area contributed by atoms with Gasteiger partial charge in [-0.1, -0.05) is 42.5 Å². The number of nitrogens with one attached hydrogen (secondary N) is 2. The summed E-state index contributed by atoms with van der Waals surface area (Å²) in [6.45, 7) is 0.475. The molecule has 0 radical (unpaired) electrons. The molecule has 2 aromatic heterocycles. The lowest BCUT2D eigenvalue weighted by atomic mass is 10.2. The Labute approximate surface area is 165 Å². The highest BCUT2D eigenvalue weighted by atomic mass is 19.1. The number of para-hydroxylation sites is 1. The SMILES string of the molecule is O=C(c1cc2cc(OCc3ccccc3)ccc2[nH]1)c1cc2cccc(F)c2[nH]1. The van der Waals surface area contributed by atoms with E-state index in [1.54, 1.807) is 24.3 Å². The van der Waals surface area contributed by atoms with Crippen molar-refractivity contribution in [1.82, 2.24) is 9.97 Å². The zero-order chi connectivity index (χ0) is 19.8. The first-order chi connectivity index (χ1) is 14.2. The summed E-state index contributed by atoms with van der Waals surface area (Å²) in [6.07, 6.45) is 0. The van der Waals surface area contributed by atoms with Gasteiger partial charge in [-0.05, 0) is 42.0 Å². The Bertz CT molecular complexity index is 1340. The largest absolute Gasteiger partial charge is 0.489 e. The maximum absolute atomic E-state index is 13.9. The molecule has 5 aromatic rings. The lowest BCUT2D eigenvalue weighted by molar-refractivity contribution is 0.103. The van der Waals surface area contributed by atoms with Crippen molar-refractivity contribution in [1.29, 1.82) is 0 Å². The van der Waals surface area contributed by atoms with Gasteiger partial charge in [0, 0.05) is 16.3 Å². The number of carbonyl (C=O) groups is 1. The summed E-state index contributed by atoms with van der Waals surface area (Å²) in [5.41, 5.74) is 3.04. The van der Waals surface area contributed by atoms with Gasteiger partial charge in [-0.2, -0.15) is 0 Å². The van der Waals surface area contributed by atoms with E-state index in [0.717, 1.165) is 22.2 Å². The van der Waals surface area contributed by atoms with Crippen LogP contribution in [0.15, 0.2) is 78.9 Å². The van der Waals surface area contributed by atoms with E-state index in [-0.39, 0.29) is 11.6 Å². The molecule has 142 valence electrons. The van der Waals surface area contributed by atoms with Gasteiger partial charge in [-0.3, -0.25) is 4.79 Å². The minimum absolute atomic E-state index is 0.219. The molecule has 0 aliphatic heterocycles. The number of benzene rings is 3. The summed E-state index contributed by atoms with van der Waals surface area (Å²) in [5, 5.41) is 1.54.